The Morgan fingerprint density at radius 1 is 1.21 bits per heavy atom. The SMILES string of the molecule is CN=C(NCCc1ccc2c(c1)CCO2)NCc1nc2ccccc2n1C.I. The van der Waals surface area contributed by atoms with E-state index in [2.05, 4.69) is 49.4 Å². The molecule has 0 atom stereocenters. The van der Waals surface area contributed by atoms with Crippen LogP contribution >= 0.6 is 24.0 Å². The monoisotopic (exact) mass is 491 g/mol. The predicted octanol–water partition coefficient (Wildman–Crippen LogP) is 3.03. The third-order valence-corrected chi connectivity index (χ3v) is 4.98. The van der Waals surface area contributed by atoms with Gasteiger partial charge in [0.1, 0.15) is 11.6 Å². The Balaban J connectivity index is 0.00000225. The van der Waals surface area contributed by atoms with Gasteiger partial charge in [-0.25, -0.2) is 4.98 Å². The molecule has 0 radical (unpaired) electrons. The highest BCUT2D eigenvalue weighted by molar-refractivity contribution is 14.0. The molecule has 2 N–H and O–H groups in total. The molecule has 0 amide bonds. The van der Waals surface area contributed by atoms with Gasteiger partial charge >= 0.3 is 0 Å². The van der Waals surface area contributed by atoms with Gasteiger partial charge < -0.3 is 19.9 Å². The van der Waals surface area contributed by atoms with Crippen LogP contribution in [0.2, 0.25) is 0 Å². The highest BCUT2D eigenvalue weighted by Gasteiger charge is 2.12. The normalized spacial score (nSPS) is 13.0. The standard InChI is InChI=1S/C21H25N5O.HI/c1-22-21(23-11-9-15-7-8-19-16(13-15)10-12-27-19)24-14-20-25-17-5-3-4-6-18(17)26(20)2;/h3-8,13H,9-12,14H2,1-2H3,(H2,22,23,24);1H. The zero-order valence-corrected chi connectivity index (χ0v) is 18.6. The summed E-state index contributed by atoms with van der Waals surface area (Å²) in [4.78, 5) is 9.00. The van der Waals surface area contributed by atoms with Gasteiger partial charge in [-0.1, -0.05) is 24.3 Å². The van der Waals surface area contributed by atoms with E-state index in [4.69, 9.17) is 4.74 Å². The number of benzene rings is 2. The molecule has 1 aromatic heterocycles. The number of rotatable bonds is 5. The maximum absolute atomic E-state index is 5.57. The quantitative estimate of drug-likeness (QED) is 0.327. The van der Waals surface area contributed by atoms with Crippen LogP contribution in [-0.2, 0) is 26.4 Å². The topological polar surface area (TPSA) is 63.5 Å². The molecule has 148 valence electrons. The van der Waals surface area contributed by atoms with E-state index in [9.17, 15) is 0 Å². The number of aromatic nitrogens is 2. The van der Waals surface area contributed by atoms with Crippen LogP contribution in [0.4, 0.5) is 0 Å². The first-order chi connectivity index (χ1) is 13.2. The molecule has 1 aliphatic heterocycles. The van der Waals surface area contributed by atoms with Gasteiger partial charge in [-0.05, 0) is 35.7 Å². The summed E-state index contributed by atoms with van der Waals surface area (Å²) in [5.41, 5.74) is 4.78. The highest BCUT2D eigenvalue weighted by Crippen LogP contribution is 2.25. The molecular weight excluding hydrogens is 465 g/mol. The van der Waals surface area contributed by atoms with Crippen LogP contribution in [0.3, 0.4) is 0 Å². The minimum atomic E-state index is 0. The molecule has 0 bridgehead atoms. The van der Waals surface area contributed by atoms with Crippen molar-refractivity contribution in [2.45, 2.75) is 19.4 Å². The van der Waals surface area contributed by atoms with Crippen molar-refractivity contribution in [1.29, 1.82) is 0 Å². The molecule has 7 heteroatoms. The Morgan fingerprint density at radius 2 is 2.07 bits per heavy atom. The number of imidazole rings is 1. The summed E-state index contributed by atoms with van der Waals surface area (Å²) in [6.45, 7) is 2.25. The summed E-state index contributed by atoms with van der Waals surface area (Å²) in [5.74, 6) is 2.80. The molecule has 0 fully saturated rings. The van der Waals surface area contributed by atoms with Crippen molar-refractivity contribution in [1.82, 2.24) is 20.2 Å². The summed E-state index contributed by atoms with van der Waals surface area (Å²) in [6, 6.07) is 14.6. The lowest BCUT2D eigenvalue weighted by Crippen LogP contribution is -2.38. The molecule has 4 rings (SSSR count). The Labute approximate surface area is 182 Å². The van der Waals surface area contributed by atoms with Crippen LogP contribution in [0, 0.1) is 0 Å². The molecule has 0 saturated carbocycles. The fourth-order valence-electron chi connectivity index (χ4n) is 3.46. The van der Waals surface area contributed by atoms with E-state index >= 15 is 0 Å². The second-order valence-corrected chi connectivity index (χ2v) is 6.72. The molecule has 0 unspecified atom stereocenters. The number of aliphatic imine (C=N–C) groups is 1. The van der Waals surface area contributed by atoms with Crippen LogP contribution in [0.5, 0.6) is 5.75 Å². The predicted molar refractivity (Wildman–Crippen MR) is 124 cm³/mol. The Bertz CT molecular complexity index is 982. The number of nitrogens with one attached hydrogen (secondary N) is 2. The zero-order chi connectivity index (χ0) is 18.6. The summed E-state index contributed by atoms with van der Waals surface area (Å²) in [5, 5.41) is 6.73. The lowest BCUT2D eigenvalue weighted by molar-refractivity contribution is 0.357. The summed E-state index contributed by atoms with van der Waals surface area (Å²) < 4.78 is 7.68. The third-order valence-electron chi connectivity index (χ3n) is 4.98. The largest absolute Gasteiger partial charge is 0.493 e. The maximum atomic E-state index is 5.57. The van der Waals surface area contributed by atoms with E-state index in [-0.39, 0.29) is 24.0 Å². The fourth-order valence-corrected chi connectivity index (χ4v) is 3.46. The third kappa shape index (κ3) is 4.40. The van der Waals surface area contributed by atoms with Gasteiger partial charge in [0, 0.05) is 27.1 Å². The Kier molecular flexibility index (Phi) is 6.77. The minimum absolute atomic E-state index is 0. The van der Waals surface area contributed by atoms with E-state index in [1.165, 1.54) is 11.1 Å². The number of para-hydroxylation sites is 2. The van der Waals surface area contributed by atoms with Crippen LogP contribution in [0.1, 0.15) is 17.0 Å². The van der Waals surface area contributed by atoms with Crippen molar-refractivity contribution >= 4 is 41.0 Å². The van der Waals surface area contributed by atoms with E-state index in [0.717, 1.165) is 54.6 Å². The molecule has 1 aliphatic rings. The molecule has 0 spiro atoms. The molecular formula is C21H26IN5O. The molecule has 0 aliphatic carbocycles. The molecule has 3 aromatic rings. The number of halogens is 1. The Hall–Kier alpha value is -2.29. The fraction of sp³-hybridized carbons (Fsp3) is 0.333. The average Bonchev–Trinajstić information content (AvgIpc) is 3.29. The summed E-state index contributed by atoms with van der Waals surface area (Å²) in [7, 11) is 3.83. The molecule has 28 heavy (non-hydrogen) atoms. The first-order valence-electron chi connectivity index (χ1n) is 9.34. The smallest absolute Gasteiger partial charge is 0.191 e. The van der Waals surface area contributed by atoms with Crippen LogP contribution in [0.25, 0.3) is 11.0 Å². The van der Waals surface area contributed by atoms with Crippen LogP contribution < -0.4 is 15.4 Å². The van der Waals surface area contributed by atoms with Crippen molar-refractivity contribution in [2.75, 3.05) is 20.2 Å². The number of ether oxygens (including phenoxy) is 1. The van der Waals surface area contributed by atoms with Crippen molar-refractivity contribution in [3.05, 3.63) is 59.4 Å². The number of hydrogen-bond donors (Lipinski definition) is 2. The summed E-state index contributed by atoms with van der Waals surface area (Å²) in [6.07, 6.45) is 1.96. The lowest BCUT2D eigenvalue weighted by Gasteiger charge is -2.12. The van der Waals surface area contributed by atoms with Crippen molar-refractivity contribution in [3.8, 4) is 5.75 Å². The second kappa shape index (κ2) is 9.27. The van der Waals surface area contributed by atoms with Gasteiger partial charge in [-0.2, -0.15) is 0 Å². The van der Waals surface area contributed by atoms with Crippen LogP contribution in [0.15, 0.2) is 47.5 Å². The number of hydrogen-bond acceptors (Lipinski definition) is 3. The van der Waals surface area contributed by atoms with E-state index in [0.29, 0.717) is 6.54 Å². The summed E-state index contributed by atoms with van der Waals surface area (Å²) >= 11 is 0. The minimum Gasteiger partial charge on any atom is -0.493 e. The van der Waals surface area contributed by atoms with Crippen molar-refractivity contribution < 1.29 is 4.74 Å². The van der Waals surface area contributed by atoms with Gasteiger partial charge in [-0.3, -0.25) is 4.99 Å². The number of fused-ring (bicyclic) bond motifs is 2. The first-order valence-corrected chi connectivity index (χ1v) is 9.34. The number of nitrogens with zero attached hydrogens (tertiary/aromatic N) is 3. The maximum Gasteiger partial charge on any atom is 0.191 e. The van der Waals surface area contributed by atoms with Gasteiger partial charge in [0.15, 0.2) is 5.96 Å². The molecule has 0 saturated heterocycles. The van der Waals surface area contributed by atoms with E-state index in [1.807, 2.05) is 25.2 Å². The highest BCUT2D eigenvalue weighted by atomic mass is 127. The van der Waals surface area contributed by atoms with E-state index < -0.39 is 0 Å². The van der Waals surface area contributed by atoms with Gasteiger partial charge in [0.2, 0.25) is 0 Å². The van der Waals surface area contributed by atoms with Crippen molar-refractivity contribution in [3.63, 3.8) is 0 Å². The molecule has 6 nitrogen and oxygen atoms in total. The lowest BCUT2D eigenvalue weighted by atomic mass is 10.1. The van der Waals surface area contributed by atoms with E-state index in [1.54, 1.807) is 7.05 Å². The second-order valence-electron chi connectivity index (χ2n) is 6.72. The Morgan fingerprint density at radius 3 is 2.89 bits per heavy atom. The van der Waals surface area contributed by atoms with Gasteiger partial charge in [-0.15, -0.1) is 24.0 Å². The van der Waals surface area contributed by atoms with Gasteiger partial charge in [0.05, 0.1) is 24.2 Å². The molecule has 2 heterocycles. The zero-order valence-electron chi connectivity index (χ0n) is 16.2. The average molecular weight is 491 g/mol. The molecule has 2 aromatic carbocycles. The first kappa shape index (κ1) is 20.4. The number of aryl methyl sites for hydroxylation is 1. The van der Waals surface area contributed by atoms with Crippen LogP contribution in [-0.4, -0.2) is 35.7 Å². The number of guanidine groups is 1. The van der Waals surface area contributed by atoms with Gasteiger partial charge in [0.25, 0.3) is 0 Å². The van der Waals surface area contributed by atoms with Crippen molar-refractivity contribution in [2.24, 2.45) is 12.0 Å².